The molecule has 2 N–H and O–H groups in total. The van der Waals surface area contributed by atoms with Gasteiger partial charge in [0.1, 0.15) is 6.61 Å². The molecule has 8 nitrogen and oxygen atoms in total. The van der Waals surface area contributed by atoms with Gasteiger partial charge in [-0.15, -0.1) is 0 Å². The molecule has 0 saturated carbocycles. The molecule has 54 heavy (non-hydrogen) atoms. The largest absolute Gasteiger partial charge is 0.469 e. The molecule has 0 radical (unpaired) electrons. The number of phosphoric ester groups is 1. The summed E-state index contributed by atoms with van der Waals surface area (Å²) in [6.07, 6.45) is 45.4. The van der Waals surface area contributed by atoms with Crippen molar-refractivity contribution in [2.45, 2.75) is 264 Å². The van der Waals surface area contributed by atoms with Crippen LogP contribution in [0.1, 0.15) is 258 Å². The third-order valence-corrected chi connectivity index (χ3v) is 11.1. The molecule has 322 valence electrons. The van der Waals surface area contributed by atoms with Crippen molar-refractivity contribution >= 4 is 19.8 Å². The van der Waals surface area contributed by atoms with Crippen molar-refractivity contribution in [3.8, 4) is 0 Å². The van der Waals surface area contributed by atoms with Crippen molar-refractivity contribution < 1.29 is 37.9 Å². The van der Waals surface area contributed by atoms with Crippen LogP contribution < -0.4 is 0 Å². The Balaban J connectivity index is 3.80. The summed E-state index contributed by atoms with van der Waals surface area (Å²) in [7, 11) is -4.75. The van der Waals surface area contributed by atoms with Gasteiger partial charge in [0.15, 0.2) is 6.10 Å². The maximum atomic E-state index is 12.4. The number of carbonyl (C=O) groups excluding carboxylic acids is 2. The van der Waals surface area contributed by atoms with Crippen LogP contribution >= 0.6 is 7.82 Å². The van der Waals surface area contributed by atoms with Crippen LogP contribution in [0.4, 0.5) is 0 Å². The topological polar surface area (TPSA) is 119 Å². The first kappa shape index (κ1) is 53.0. The summed E-state index contributed by atoms with van der Waals surface area (Å²) in [4.78, 5) is 43.0. The second-order valence-electron chi connectivity index (χ2n) is 16.1. The molecule has 9 heteroatoms. The molecule has 0 amide bonds. The van der Waals surface area contributed by atoms with Gasteiger partial charge in [-0.05, 0) is 12.8 Å². The van der Waals surface area contributed by atoms with Crippen molar-refractivity contribution in [1.82, 2.24) is 0 Å². The van der Waals surface area contributed by atoms with Gasteiger partial charge in [0.05, 0.1) is 6.61 Å². The number of hydrogen-bond acceptors (Lipinski definition) is 6. The minimum absolute atomic E-state index is 0.221. The summed E-state index contributed by atoms with van der Waals surface area (Å²) < 4.78 is 26.5. The van der Waals surface area contributed by atoms with Crippen molar-refractivity contribution in [3.05, 3.63) is 0 Å². The van der Waals surface area contributed by atoms with Gasteiger partial charge < -0.3 is 19.3 Å². The monoisotopic (exact) mass is 789 g/mol. The second-order valence-corrected chi connectivity index (χ2v) is 17.3. The molecule has 0 aromatic carbocycles. The Labute approximate surface area is 334 Å². The first-order chi connectivity index (χ1) is 26.3. The predicted octanol–water partition coefficient (Wildman–Crippen LogP) is 14.4. The molecule has 0 heterocycles. The summed E-state index contributed by atoms with van der Waals surface area (Å²) in [6.45, 7) is 3.74. The number of esters is 2. The zero-order valence-corrected chi connectivity index (χ0v) is 36.5. The fourth-order valence-corrected chi connectivity index (χ4v) is 7.50. The Morgan fingerprint density at radius 2 is 0.667 bits per heavy atom. The summed E-state index contributed by atoms with van der Waals surface area (Å²) in [5.41, 5.74) is 0. The lowest BCUT2D eigenvalue weighted by Crippen LogP contribution is -2.29. The minimum atomic E-state index is -4.75. The first-order valence-corrected chi connectivity index (χ1v) is 24.9. The molecular formula is C45H89O8P. The summed E-state index contributed by atoms with van der Waals surface area (Å²) in [6, 6.07) is 0. The highest BCUT2D eigenvalue weighted by molar-refractivity contribution is 7.46. The highest BCUT2D eigenvalue weighted by atomic mass is 31.2. The van der Waals surface area contributed by atoms with Crippen LogP contribution in [0.25, 0.3) is 0 Å². The van der Waals surface area contributed by atoms with E-state index in [1.807, 2.05) is 0 Å². The van der Waals surface area contributed by atoms with Gasteiger partial charge in [-0.2, -0.15) is 0 Å². The minimum Gasteiger partial charge on any atom is -0.462 e. The van der Waals surface area contributed by atoms with Crippen molar-refractivity contribution in [2.75, 3.05) is 13.2 Å². The fourth-order valence-electron chi connectivity index (χ4n) is 7.14. The van der Waals surface area contributed by atoms with Crippen molar-refractivity contribution in [2.24, 2.45) is 0 Å². The number of carbonyl (C=O) groups is 2. The average Bonchev–Trinajstić information content (AvgIpc) is 3.14. The number of unbranched alkanes of at least 4 members (excludes halogenated alkanes) is 34. The predicted molar refractivity (Wildman–Crippen MR) is 226 cm³/mol. The van der Waals surface area contributed by atoms with Crippen LogP contribution in [-0.4, -0.2) is 41.0 Å². The Morgan fingerprint density at radius 1 is 0.407 bits per heavy atom. The first-order valence-electron chi connectivity index (χ1n) is 23.3. The Kier molecular flexibility index (Phi) is 40.9. The molecule has 0 aliphatic heterocycles. The van der Waals surface area contributed by atoms with Crippen LogP contribution in [-0.2, 0) is 28.2 Å². The third kappa shape index (κ3) is 43.8. The molecule has 0 aliphatic rings. The van der Waals surface area contributed by atoms with Gasteiger partial charge >= 0.3 is 19.8 Å². The molecule has 1 atom stereocenters. The summed E-state index contributed by atoms with van der Waals surface area (Å²) in [5, 5.41) is 0. The maximum Gasteiger partial charge on any atom is 0.469 e. The van der Waals surface area contributed by atoms with Crippen LogP contribution in [0, 0.1) is 0 Å². The lowest BCUT2D eigenvalue weighted by Gasteiger charge is -2.18. The Hall–Kier alpha value is -0.950. The number of ether oxygens (including phenoxy) is 2. The van der Waals surface area contributed by atoms with E-state index in [0.29, 0.717) is 6.42 Å². The van der Waals surface area contributed by atoms with E-state index in [4.69, 9.17) is 19.3 Å². The van der Waals surface area contributed by atoms with Gasteiger partial charge in [0.25, 0.3) is 0 Å². The van der Waals surface area contributed by atoms with E-state index < -0.39 is 32.5 Å². The Morgan fingerprint density at radius 3 is 0.944 bits per heavy atom. The lowest BCUT2D eigenvalue weighted by atomic mass is 10.0. The molecule has 0 aliphatic carbocycles. The molecular weight excluding hydrogens is 699 g/mol. The van der Waals surface area contributed by atoms with E-state index in [1.54, 1.807) is 0 Å². The smallest absolute Gasteiger partial charge is 0.462 e. The van der Waals surface area contributed by atoms with E-state index in [9.17, 15) is 14.2 Å². The normalized spacial score (nSPS) is 12.3. The quantitative estimate of drug-likeness (QED) is 0.0356. The number of phosphoric acid groups is 1. The SMILES string of the molecule is CCCCCCCCCCCCCCCCCCCCCC(=O)OC[C@H](COP(=O)(O)O)OC(=O)CCCCCCCCCCCCCCCCCCC. The standard InChI is InChI=1S/C45H89O8P/c1-3-5-7-9-11-13-15-17-19-21-22-24-25-27-29-31-33-35-37-39-44(46)51-41-43(42-52-54(48,49)50)53-45(47)40-38-36-34-32-30-28-26-23-20-18-16-14-12-10-8-6-4-2/h43H,3-42H2,1-2H3,(H2,48,49,50)/t43-/m1/s1. The third-order valence-electron chi connectivity index (χ3n) is 10.6. The zero-order chi connectivity index (χ0) is 39.6. The highest BCUT2D eigenvalue weighted by Crippen LogP contribution is 2.36. The molecule has 0 rings (SSSR count). The van der Waals surface area contributed by atoms with Gasteiger partial charge in [-0.3, -0.25) is 14.1 Å². The molecule has 0 unspecified atom stereocenters. The lowest BCUT2D eigenvalue weighted by molar-refractivity contribution is -0.161. The zero-order valence-electron chi connectivity index (χ0n) is 35.7. The van der Waals surface area contributed by atoms with Crippen LogP contribution in [0.2, 0.25) is 0 Å². The highest BCUT2D eigenvalue weighted by Gasteiger charge is 2.23. The van der Waals surface area contributed by atoms with E-state index in [-0.39, 0.29) is 19.4 Å². The van der Waals surface area contributed by atoms with E-state index >= 15 is 0 Å². The second kappa shape index (κ2) is 41.7. The van der Waals surface area contributed by atoms with Gasteiger partial charge in [-0.1, -0.05) is 232 Å². The fraction of sp³-hybridized carbons (Fsp3) is 0.956. The molecule has 0 spiro atoms. The maximum absolute atomic E-state index is 12.4. The Bertz CT molecular complexity index is 848. The molecule has 0 bridgehead atoms. The average molecular weight is 789 g/mol. The van der Waals surface area contributed by atoms with Gasteiger partial charge in [-0.25, -0.2) is 4.57 Å². The van der Waals surface area contributed by atoms with E-state index in [2.05, 4.69) is 18.4 Å². The van der Waals surface area contributed by atoms with Crippen molar-refractivity contribution in [1.29, 1.82) is 0 Å². The van der Waals surface area contributed by atoms with Crippen LogP contribution in [0.5, 0.6) is 0 Å². The molecule has 0 fully saturated rings. The molecule has 0 aromatic rings. The van der Waals surface area contributed by atoms with E-state index in [1.165, 1.54) is 193 Å². The van der Waals surface area contributed by atoms with E-state index in [0.717, 1.165) is 32.1 Å². The van der Waals surface area contributed by atoms with Crippen molar-refractivity contribution in [3.63, 3.8) is 0 Å². The van der Waals surface area contributed by atoms with Gasteiger partial charge in [0.2, 0.25) is 0 Å². The summed E-state index contributed by atoms with van der Waals surface area (Å²) >= 11 is 0. The summed E-state index contributed by atoms with van der Waals surface area (Å²) in [5.74, 6) is -0.863. The van der Waals surface area contributed by atoms with Crippen LogP contribution in [0.3, 0.4) is 0 Å². The number of hydrogen-bond donors (Lipinski definition) is 2. The molecule has 0 saturated heterocycles. The molecule has 0 aromatic heterocycles. The van der Waals surface area contributed by atoms with Crippen LogP contribution in [0.15, 0.2) is 0 Å². The number of rotatable bonds is 44. The van der Waals surface area contributed by atoms with Gasteiger partial charge in [0, 0.05) is 12.8 Å².